The molecule has 0 spiro atoms. The average Bonchev–Trinajstić information content (AvgIpc) is 2.11. The minimum absolute atomic E-state index is 0. The summed E-state index contributed by atoms with van der Waals surface area (Å²) in [4.78, 5) is 0. The van der Waals surface area contributed by atoms with Gasteiger partial charge in [0.05, 0.1) is 6.07 Å². The molecule has 0 aromatic rings. The van der Waals surface area contributed by atoms with Crippen molar-refractivity contribution in [1.82, 2.24) is 0 Å². The Kier molecular flexibility index (Phi) is 15.9. The number of unbranched alkanes of at least 4 members (excludes halogenated alkanes) is 4. The molecule has 0 aliphatic carbocycles. The van der Waals surface area contributed by atoms with E-state index in [0.717, 1.165) is 12.8 Å². The molecule has 0 aromatic heterocycles. The fraction of sp³-hybridized carbons (Fsp3) is 0.909. The van der Waals surface area contributed by atoms with Crippen LogP contribution >= 0.6 is 0 Å². The summed E-state index contributed by atoms with van der Waals surface area (Å²) in [6.45, 7) is 4.32. The molecule has 0 rings (SSSR count). The minimum atomic E-state index is 0. The Morgan fingerprint density at radius 1 is 1.08 bits per heavy atom. The summed E-state index contributed by atoms with van der Waals surface area (Å²) in [6.07, 6.45) is 8.68. The van der Waals surface area contributed by atoms with Gasteiger partial charge in [-0.15, -0.1) is 0 Å². The predicted molar refractivity (Wildman–Crippen MR) is 52.8 cm³/mol. The molecule has 0 fully saturated rings. The van der Waals surface area contributed by atoms with Gasteiger partial charge < -0.3 is 0 Å². The molecule has 0 N–H and O–H groups in total. The monoisotopic (exact) mass is 207 g/mol. The molecule has 0 heterocycles. The maximum absolute atomic E-state index is 8.68. The second-order valence-corrected chi connectivity index (χ2v) is 3.44. The van der Waals surface area contributed by atoms with Crippen molar-refractivity contribution >= 4 is 0 Å². The molecule has 0 saturated heterocycles. The zero-order valence-corrected chi connectivity index (χ0v) is 9.53. The predicted octanol–water partition coefficient (Wildman–Crippen LogP) is 3.90. The Labute approximate surface area is 113 Å². The van der Waals surface area contributed by atoms with Crippen LogP contribution in [0.1, 0.15) is 58.8 Å². The molecule has 78 valence electrons. The van der Waals surface area contributed by atoms with E-state index in [2.05, 4.69) is 19.9 Å². The first kappa shape index (κ1) is 16.2. The third kappa shape index (κ3) is 10.7. The Morgan fingerprint density at radius 3 is 2.15 bits per heavy atom. The SMILES string of the molecule is CCCCCCCC(C#N)CC.[Ar]. The summed E-state index contributed by atoms with van der Waals surface area (Å²) >= 11 is 0. The van der Waals surface area contributed by atoms with Crippen LogP contribution < -0.4 is 0 Å². The maximum Gasteiger partial charge on any atom is 0.0655 e. The van der Waals surface area contributed by atoms with E-state index in [4.69, 9.17) is 5.26 Å². The third-order valence-electron chi connectivity index (χ3n) is 2.33. The van der Waals surface area contributed by atoms with Crippen molar-refractivity contribution in [3.8, 4) is 6.07 Å². The van der Waals surface area contributed by atoms with Crippen LogP contribution in [0.25, 0.3) is 0 Å². The summed E-state index contributed by atoms with van der Waals surface area (Å²) in [5.74, 6) is 0.312. The fourth-order valence-electron chi connectivity index (χ4n) is 1.35. The van der Waals surface area contributed by atoms with Crippen molar-refractivity contribution in [2.45, 2.75) is 58.8 Å². The average molecular weight is 207 g/mol. The maximum atomic E-state index is 8.68. The second-order valence-electron chi connectivity index (χ2n) is 3.44. The summed E-state index contributed by atoms with van der Waals surface area (Å²) < 4.78 is 0. The largest absolute Gasteiger partial charge is 0.198 e. The molecule has 0 aliphatic rings. The molecule has 0 radical (unpaired) electrons. The van der Waals surface area contributed by atoms with E-state index >= 15 is 0 Å². The van der Waals surface area contributed by atoms with Crippen molar-refractivity contribution in [3.63, 3.8) is 0 Å². The standard InChI is InChI=1S/C11H21N.Ar/c1-3-5-6-7-8-9-11(4-2)10-12;/h11H,3-9H2,1-2H3;. The molecule has 1 unspecified atom stereocenters. The smallest absolute Gasteiger partial charge is 0.0655 e. The van der Waals surface area contributed by atoms with Gasteiger partial charge >= 0.3 is 0 Å². The van der Waals surface area contributed by atoms with Gasteiger partial charge in [-0.25, -0.2) is 0 Å². The summed E-state index contributed by atoms with van der Waals surface area (Å²) in [5.41, 5.74) is 0. The number of rotatable bonds is 7. The van der Waals surface area contributed by atoms with E-state index in [1.54, 1.807) is 0 Å². The molecule has 0 aliphatic heterocycles. The van der Waals surface area contributed by atoms with Gasteiger partial charge in [0.1, 0.15) is 0 Å². The van der Waals surface area contributed by atoms with E-state index in [-0.39, 0.29) is 37.7 Å². The molecule has 0 saturated carbocycles. The first-order valence-electron chi connectivity index (χ1n) is 5.24. The number of hydrogen-bond donors (Lipinski definition) is 0. The minimum Gasteiger partial charge on any atom is -0.198 e. The van der Waals surface area contributed by atoms with Crippen molar-refractivity contribution < 1.29 is 37.7 Å². The van der Waals surface area contributed by atoms with Crippen LogP contribution in [0.3, 0.4) is 0 Å². The van der Waals surface area contributed by atoms with Crippen LogP contribution in [-0.4, -0.2) is 0 Å². The topological polar surface area (TPSA) is 23.8 Å². The molecule has 0 amide bonds. The quantitative estimate of drug-likeness (QED) is 0.581. The molecule has 13 heavy (non-hydrogen) atoms. The van der Waals surface area contributed by atoms with Gasteiger partial charge in [-0.05, 0) is 12.8 Å². The normalized spacial score (nSPS) is 11.5. The van der Waals surface area contributed by atoms with Gasteiger partial charge in [0.15, 0.2) is 0 Å². The Morgan fingerprint density at radius 2 is 1.69 bits per heavy atom. The summed E-state index contributed by atoms with van der Waals surface area (Å²) in [5, 5.41) is 8.68. The Hall–Kier alpha value is 0.750. The Balaban J connectivity index is 0. The molecule has 0 aromatic carbocycles. The second kappa shape index (κ2) is 12.7. The van der Waals surface area contributed by atoms with E-state index < -0.39 is 0 Å². The van der Waals surface area contributed by atoms with Crippen molar-refractivity contribution in [3.05, 3.63) is 0 Å². The summed E-state index contributed by atoms with van der Waals surface area (Å²) in [6, 6.07) is 2.34. The molecule has 1 atom stereocenters. The molecule has 2 heteroatoms. The first-order valence-corrected chi connectivity index (χ1v) is 5.24. The van der Waals surface area contributed by atoms with Crippen LogP contribution in [0, 0.1) is 55.0 Å². The van der Waals surface area contributed by atoms with Crippen LogP contribution in [-0.2, 0) is 0 Å². The molecule has 0 bridgehead atoms. The van der Waals surface area contributed by atoms with Crippen molar-refractivity contribution in [1.29, 1.82) is 5.26 Å². The van der Waals surface area contributed by atoms with Gasteiger partial charge in [0.2, 0.25) is 0 Å². The van der Waals surface area contributed by atoms with Gasteiger partial charge in [0, 0.05) is 43.7 Å². The van der Waals surface area contributed by atoms with Crippen LogP contribution in [0.2, 0.25) is 0 Å². The number of nitrogens with zero attached hydrogens (tertiary/aromatic N) is 1. The van der Waals surface area contributed by atoms with Crippen LogP contribution in [0.4, 0.5) is 0 Å². The number of nitriles is 1. The van der Waals surface area contributed by atoms with Crippen LogP contribution in [0.5, 0.6) is 0 Å². The molecule has 1 nitrogen and oxygen atoms in total. The Bertz CT molecular complexity index is 129. The number of hydrogen-bond acceptors (Lipinski definition) is 1. The summed E-state index contributed by atoms with van der Waals surface area (Å²) in [7, 11) is 0. The molecular weight excluding hydrogens is 186 g/mol. The first-order chi connectivity index (χ1) is 5.85. The van der Waals surface area contributed by atoms with E-state index in [9.17, 15) is 0 Å². The van der Waals surface area contributed by atoms with Gasteiger partial charge in [-0.3, -0.25) is 0 Å². The fourth-order valence-corrected chi connectivity index (χ4v) is 1.35. The third-order valence-corrected chi connectivity index (χ3v) is 2.33. The van der Waals surface area contributed by atoms with Gasteiger partial charge in [-0.2, -0.15) is 5.26 Å². The zero-order chi connectivity index (χ0) is 9.23. The van der Waals surface area contributed by atoms with E-state index in [0.29, 0.717) is 5.92 Å². The van der Waals surface area contributed by atoms with Crippen molar-refractivity contribution in [2.75, 3.05) is 0 Å². The van der Waals surface area contributed by atoms with Gasteiger partial charge in [0.25, 0.3) is 0 Å². The zero-order valence-electron chi connectivity index (χ0n) is 8.83. The van der Waals surface area contributed by atoms with Gasteiger partial charge in [-0.1, -0.05) is 46.0 Å². The van der Waals surface area contributed by atoms with Crippen molar-refractivity contribution in [2.24, 2.45) is 5.92 Å². The van der Waals surface area contributed by atoms with E-state index in [1.807, 2.05) is 0 Å². The van der Waals surface area contributed by atoms with E-state index in [1.165, 1.54) is 32.1 Å². The van der Waals surface area contributed by atoms with Crippen LogP contribution in [0.15, 0.2) is 0 Å². The molecular formula is C11H21ArN.